The SMILES string of the molecule is O=C(/C=C/c1ncc[nH]1)NCCc1cnc[nH]1. The quantitative estimate of drug-likeness (QED) is 0.655. The van der Waals surface area contributed by atoms with E-state index >= 15 is 0 Å². The van der Waals surface area contributed by atoms with Crippen LogP contribution in [-0.2, 0) is 11.2 Å². The first-order valence-corrected chi connectivity index (χ1v) is 5.27. The molecule has 0 saturated carbocycles. The molecule has 0 atom stereocenters. The van der Waals surface area contributed by atoms with Gasteiger partial charge in [-0.05, 0) is 6.08 Å². The molecule has 88 valence electrons. The molecule has 0 aromatic carbocycles. The molecular weight excluding hydrogens is 218 g/mol. The minimum atomic E-state index is -0.138. The molecule has 2 aromatic heterocycles. The van der Waals surface area contributed by atoms with E-state index in [9.17, 15) is 4.79 Å². The Labute approximate surface area is 98.2 Å². The van der Waals surface area contributed by atoms with E-state index < -0.39 is 0 Å². The Bertz CT molecular complexity index is 472. The van der Waals surface area contributed by atoms with Gasteiger partial charge < -0.3 is 15.3 Å². The lowest BCUT2D eigenvalue weighted by atomic mass is 10.3. The van der Waals surface area contributed by atoms with Crippen molar-refractivity contribution in [2.24, 2.45) is 0 Å². The largest absolute Gasteiger partial charge is 0.352 e. The van der Waals surface area contributed by atoms with E-state index in [4.69, 9.17) is 0 Å². The number of aromatic nitrogens is 4. The number of carbonyl (C=O) groups is 1. The van der Waals surface area contributed by atoms with Gasteiger partial charge in [-0.1, -0.05) is 0 Å². The standard InChI is InChI=1S/C11H13N5O/c17-11(2-1-10-13-5-6-14-10)15-4-3-9-7-12-8-16-9/h1-2,5-8H,3-4H2,(H,12,16)(H,13,14)(H,15,17)/b2-1+. The summed E-state index contributed by atoms with van der Waals surface area (Å²) in [4.78, 5) is 25.1. The number of nitrogens with zero attached hydrogens (tertiary/aromatic N) is 2. The van der Waals surface area contributed by atoms with Crippen LogP contribution in [0.5, 0.6) is 0 Å². The average Bonchev–Trinajstić information content (AvgIpc) is 2.99. The van der Waals surface area contributed by atoms with E-state index in [1.165, 1.54) is 6.08 Å². The molecule has 6 nitrogen and oxygen atoms in total. The van der Waals surface area contributed by atoms with Crippen LogP contribution in [0.4, 0.5) is 0 Å². The molecule has 0 aliphatic rings. The van der Waals surface area contributed by atoms with Gasteiger partial charge in [0.2, 0.25) is 5.91 Å². The molecule has 0 unspecified atom stereocenters. The Balaban J connectivity index is 1.71. The van der Waals surface area contributed by atoms with Crippen molar-refractivity contribution in [2.45, 2.75) is 6.42 Å². The molecule has 17 heavy (non-hydrogen) atoms. The van der Waals surface area contributed by atoms with Crippen LogP contribution in [0.3, 0.4) is 0 Å². The molecule has 0 saturated heterocycles. The van der Waals surface area contributed by atoms with E-state index in [1.807, 2.05) is 0 Å². The highest BCUT2D eigenvalue weighted by Crippen LogP contribution is 1.92. The molecule has 1 amide bonds. The number of aromatic amines is 2. The Morgan fingerprint density at radius 3 is 3.12 bits per heavy atom. The van der Waals surface area contributed by atoms with Crippen LogP contribution >= 0.6 is 0 Å². The predicted molar refractivity (Wildman–Crippen MR) is 62.9 cm³/mol. The van der Waals surface area contributed by atoms with Crippen LogP contribution in [0.25, 0.3) is 6.08 Å². The lowest BCUT2D eigenvalue weighted by Crippen LogP contribution is -2.23. The summed E-state index contributed by atoms with van der Waals surface area (Å²) >= 11 is 0. The van der Waals surface area contributed by atoms with Crippen LogP contribution in [0.2, 0.25) is 0 Å². The van der Waals surface area contributed by atoms with Gasteiger partial charge in [0.15, 0.2) is 0 Å². The smallest absolute Gasteiger partial charge is 0.244 e. The van der Waals surface area contributed by atoms with Gasteiger partial charge >= 0.3 is 0 Å². The number of imidazole rings is 2. The third-order valence-electron chi connectivity index (χ3n) is 2.16. The summed E-state index contributed by atoms with van der Waals surface area (Å²) in [6.45, 7) is 0.573. The molecule has 2 heterocycles. The maximum Gasteiger partial charge on any atom is 0.244 e. The summed E-state index contributed by atoms with van der Waals surface area (Å²) in [7, 11) is 0. The second-order valence-corrected chi connectivity index (χ2v) is 3.43. The van der Waals surface area contributed by atoms with Crippen molar-refractivity contribution < 1.29 is 4.79 Å². The van der Waals surface area contributed by atoms with Gasteiger partial charge in [-0.25, -0.2) is 9.97 Å². The minimum absolute atomic E-state index is 0.138. The molecular formula is C11H13N5O. The normalized spacial score (nSPS) is 10.8. The van der Waals surface area contributed by atoms with Crippen molar-refractivity contribution in [3.05, 3.63) is 42.5 Å². The van der Waals surface area contributed by atoms with Crippen molar-refractivity contribution in [1.29, 1.82) is 0 Å². The highest BCUT2D eigenvalue weighted by atomic mass is 16.1. The van der Waals surface area contributed by atoms with E-state index in [0.717, 1.165) is 12.1 Å². The zero-order chi connectivity index (χ0) is 11.9. The van der Waals surface area contributed by atoms with Gasteiger partial charge in [-0.3, -0.25) is 4.79 Å². The van der Waals surface area contributed by atoms with E-state index in [1.54, 1.807) is 31.0 Å². The zero-order valence-corrected chi connectivity index (χ0v) is 9.18. The first kappa shape index (κ1) is 11.1. The maximum atomic E-state index is 11.4. The van der Waals surface area contributed by atoms with Gasteiger partial charge in [0, 0.05) is 43.3 Å². The topological polar surface area (TPSA) is 86.5 Å². The summed E-state index contributed by atoms with van der Waals surface area (Å²) in [6.07, 6.45) is 10.5. The van der Waals surface area contributed by atoms with E-state index in [-0.39, 0.29) is 5.91 Å². The average molecular weight is 231 g/mol. The Morgan fingerprint density at radius 1 is 1.47 bits per heavy atom. The van der Waals surface area contributed by atoms with Crippen LogP contribution in [0.15, 0.2) is 31.0 Å². The highest BCUT2D eigenvalue weighted by Gasteiger charge is 1.97. The lowest BCUT2D eigenvalue weighted by molar-refractivity contribution is -0.116. The summed E-state index contributed by atoms with van der Waals surface area (Å²) in [6, 6.07) is 0. The number of rotatable bonds is 5. The molecule has 2 rings (SSSR count). The van der Waals surface area contributed by atoms with Gasteiger partial charge in [0.05, 0.1) is 6.33 Å². The monoisotopic (exact) mass is 231 g/mol. The molecule has 0 aliphatic heterocycles. The van der Waals surface area contributed by atoms with Gasteiger partial charge in [0.1, 0.15) is 5.82 Å². The minimum Gasteiger partial charge on any atom is -0.352 e. The number of H-pyrrole nitrogens is 2. The predicted octanol–water partition coefficient (Wildman–Crippen LogP) is 0.505. The molecule has 0 radical (unpaired) electrons. The fraction of sp³-hybridized carbons (Fsp3) is 0.182. The lowest BCUT2D eigenvalue weighted by Gasteiger charge is -1.99. The summed E-state index contributed by atoms with van der Waals surface area (Å²) in [5, 5.41) is 2.77. The van der Waals surface area contributed by atoms with Gasteiger partial charge in [0.25, 0.3) is 0 Å². The summed E-state index contributed by atoms with van der Waals surface area (Å²) in [5.74, 6) is 0.523. The Morgan fingerprint density at radius 2 is 2.41 bits per heavy atom. The first-order chi connectivity index (χ1) is 8.34. The van der Waals surface area contributed by atoms with Crippen molar-refractivity contribution in [3.8, 4) is 0 Å². The highest BCUT2D eigenvalue weighted by molar-refractivity contribution is 5.91. The van der Waals surface area contributed by atoms with Crippen LogP contribution in [0, 0.1) is 0 Å². The van der Waals surface area contributed by atoms with Gasteiger partial charge in [-0.15, -0.1) is 0 Å². The summed E-state index contributed by atoms with van der Waals surface area (Å²) < 4.78 is 0. The maximum absolute atomic E-state index is 11.4. The molecule has 2 aromatic rings. The zero-order valence-electron chi connectivity index (χ0n) is 9.18. The number of amides is 1. The third-order valence-corrected chi connectivity index (χ3v) is 2.16. The van der Waals surface area contributed by atoms with Crippen molar-refractivity contribution in [3.63, 3.8) is 0 Å². The summed E-state index contributed by atoms with van der Waals surface area (Å²) in [5.41, 5.74) is 1.00. The van der Waals surface area contributed by atoms with E-state index in [2.05, 4.69) is 25.3 Å². The van der Waals surface area contributed by atoms with Crippen molar-refractivity contribution >= 4 is 12.0 Å². The molecule has 3 N–H and O–H groups in total. The van der Waals surface area contributed by atoms with Crippen LogP contribution < -0.4 is 5.32 Å². The second-order valence-electron chi connectivity index (χ2n) is 3.43. The molecule has 0 bridgehead atoms. The number of hydrogen-bond acceptors (Lipinski definition) is 3. The molecule has 0 spiro atoms. The molecule has 6 heteroatoms. The van der Waals surface area contributed by atoms with Crippen molar-refractivity contribution in [1.82, 2.24) is 25.3 Å². The van der Waals surface area contributed by atoms with Crippen LogP contribution in [0.1, 0.15) is 11.5 Å². The third kappa shape index (κ3) is 3.60. The molecule has 0 fully saturated rings. The van der Waals surface area contributed by atoms with Crippen LogP contribution in [-0.4, -0.2) is 32.4 Å². The number of nitrogens with one attached hydrogen (secondary N) is 3. The number of hydrogen-bond donors (Lipinski definition) is 3. The Hall–Kier alpha value is -2.37. The Kier molecular flexibility index (Phi) is 3.69. The van der Waals surface area contributed by atoms with Crippen molar-refractivity contribution in [2.75, 3.05) is 6.54 Å². The first-order valence-electron chi connectivity index (χ1n) is 5.27. The second kappa shape index (κ2) is 5.64. The fourth-order valence-corrected chi connectivity index (χ4v) is 1.32. The van der Waals surface area contributed by atoms with E-state index in [0.29, 0.717) is 12.4 Å². The fourth-order valence-electron chi connectivity index (χ4n) is 1.32. The number of carbonyl (C=O) groups excluding carboxylic acids is 1. The molecule has 0 aliphatic carbocycles. The van der Waals surface area contributed by atoms with Gasteiger partial charge in [-0.2, -0.15) is 0 Å².